The normalized spacial score (nSPS) is 19.2. The van der Waals surface area contributed by atoms with E-state index in [1.54, 1.807) is 17.9 Å². The molecule has 2 aliphatic rings. The molecule has 0 spiro atoms. The Labute approximate surface area is 159 Å². The molecule has 1 amide bonds. The summed E-state index contributed by atoms with van der Waals surface area (Å²) < 4.78 is 38.2. The number of rotatable bonds is 3. The molecule has 1 aromatic carbocycles. The van der Waals surface area contributed by atoms with E-state index in [2.05, 4.69) is 0 Å². The Balaban J connectivity index is 0.00000243. The number of amides is 1. The monoisotopic (exact) mass is 405 g/mol. The molecule has 146 valence electrons. The number of nitrogens with zero attached hydrogens (tertiary/aromatic N) is 2. The number of hydrogen-bond donors (Lipinski definition) is 1. The van der Waals surface area contributed by atoms with Gasteiger partial charge in [-0.25, -0.2) is 8.42 Å². The van der Waals surface area contributed by atoms with Crippen LogP contribution >= 0.6 is 12.4 Å². The van der Waals surface area contributed by atoms with Crippen molar-refractivity contribution in [3.63, 3.8) is 0 Å². The van der Waals surface area contributed by atoms with Crippen LogP contribution in [0.1, 0.15) is 13.3 Å². The van der Waals surface area contributed by atoms with Crippen molar-refractivity contribution in [3.8, 4) is 11.5 Å². The number of hydrogen-bond acceptors (Lipinski definition) is 6. The van der Waals surface area contributed by atoms with Gasteiger partial charge in [-0.15, -0.1) is 12.4 Å². The zero-order chi connectivity index (χ0) is 18.0. The number of benzene rings is 1. The van der Waals surface area contributed by atoms with Crippen molar-refractivity contribution in [1.29, 1.82) is 0 Å². The lowest BCUT2D eigenvalue weighted by Gasteiger charge is -2.24. The maximum atomic E-state index is 12.9. The summed E-state index contributed by atoms with van der Waals surface area (Å²) in [6.45, 7) is 3.94. The van der Waals surface area contributed by atoms with Crippen molar-refractivity contribution in [3.05, 3.63) is 18.2 Å². The Morgan fingerprint density at radius 3 is 2.50 bits per heavy atom. The molecule has 1 atom stereocenters. The highest BCUT2D eigenvalue weighted by molar-refractivity contribution is 7.89. The largest absolute Gasteiger partial charge is 0.486 e. The molecule has 1 fully saturated rings. The average Bonchev–Trinajstić information content (AvgIpc) is 2.87. The van der Waals surface area contributed by atoms with E-state index >= 15 is 0 Å². The van der Waals surface area contributed by atoms with Gasteiger partial charge in [0.25, 0.3) is 0 Å². The number of nitrogens with two attached hydrogens (primary N) is 1. The third kappa shape index (κ3) is 4.22. The van der Waals surface area contributed by atoms with Gasteiger partial charge in [0, 0.05) is 32.2 Å². The Hall–Kier alpha value is -1.55. The molecule has 26 heavy (non-hydrogen) atoms. The summed E-state index contributed by atoms with van der Waals surface area (Å²) >= 11 is 0. The highest BCUT2D eigenvalue weighted by Crippen LogP contribution is 2.33. The predicted molar refractivity (Wildman–Crippen MR) is 98.3 cm³/mol. The summed E-state index contributed by atoms with van der Waals surface area (Å²) in [5.74, 6) is 0.837. The first-order valence-electron chi connectivity index (χ1n) is 8.34. The van der Waals surface area contributed by atoms with Crippen LogP contribution in [0.5, 0.6) is 11.5 Å². The third-order valence-electron chi connectivity index (χ3n) is 4.31. The standard InChI is InChI=1S/C16H23N3O5S.ClH/c1-12(17)16(20)18-5-2-6-19(8-7-18)25(21,22)13-3-4-14-15(11-13)24-10-9-23-14;/h3-4,11-12H,2,5-10,17H2,1H3;1H/t12-;/m1./s1. The summed E-state index contributed by atoms with van der Waals surface area (Å²) in [6.07, 6.45) is 0.572. The maximum absolute atomic E-state index is 12.9. The summed E-state index contributed by atoms with van der Waals surface area (Å²) in [5.41, 5.74) is 5.65. The molecule has 0 saturated carbocycles. The first-order chi connectivity index (χ1) is 11.9. The lowest BCUT2D eigenvalue weighted by Crippen LogP contribution is -2.44. The highest BCUT2D eigenvalue weighted by Gasteiger charge is 2.30. The number of carbonyl (C=O) groups is 1. The fraction of sp³-hybridized carbons (Fsp3) is 0.562. The van der Waals surface area contributed by atoms with Crippen LogP contribution in [-0.2, 0) is 14.8 Å². The molecular formula is C16H24ClN3O5S. The van der Waals surface area contributed by atoms with E-state index in [0.717, 1.165) is 0 Å². The van der Waals surface area contributed by atoms with Crippen molar-refractivity contribution in [1.82, 2.24) is 9.21 Å². The summed E-state index contributed by atoms with van der Waals surface area (Å²) in [4.78, 5) is 13.8. The number of halogens is 1. The molecule has 1 saturated heterocycles. The van der Waals surface area contributed by atoms with E-state index < -0.39 is 16.1 Å². The van der Waals surface area contributed by atoms with Gasteiger partial charge < -0.3 is 20.1 Å². The van der Waals surface area contributed by atoms with E-state index in [9.17, 15) is 13.2 Å². The van der Waals surface area contributed by atoms with E-state index in [0.29, 0.717) is 50.8 Å². The van der Waals surface area contributed by atoms with Crippen molar-refractivity contribution in [2.24, 2.45) is 5.73 Å². The number of fused-ring (bicyclic) bond motifs is 1. The van der Waals surface area contributed by atoms with Gasteiger partial charge in [0.1, 0.15) is 13.2 Å². The lowest BCUT2D eigenvalue weighted by atomic mass is 10.3. The van der Waals surface area contributed by atoms with Crippen molar-refractivity contribution >= 4 is 28.3 Å². The summed E-state index contributed by atoms with van der Waals surface area (Å²) in [7, 11) is -3.66. The van der Waals surface area contributed by atoms with Gasteiger partial charge in [-0.3, -0.25) is 4.79 Å². The Morgan fingerprint density at radius 1 is 1.12 bits per heavy atom. The molecule has 0 radical (unpaired) electrons. The summed E-state index contributed by atoms with van der Waals surface area (Å²) in [5, 5.41) is 0. The quantitative estimate of drug-likeness (QED) is 0.783. The first kappa shape index (κ1) is 20.8. The minimum Gasteiger partial charge on any atom is -0.486 e. The number of carbonyl (C=O) groups excluding carboxylic acids is 1. The maximum Gasteiger partial charge on any atom is 0.243 e. The molecule has 0 bridgehead atoms. The van der Waals surface area contributed by atoms with Crippen LogP contribution in [-0.4, -0.2) is 69.0 Å². The molecule has 1 aromatic rings. The number of sulfonamides is 1. The molecule has 2 heterocycles. The van der Waals surface area contributed by atoms with Crippen LogP contribution in [0, 0.1) is 0 Å². The van der Waals surface area contributed by atoms with Gasteiger partial charge in [0.05, 0.1) is 10.9 Å². The van der Waals surface area contributed by atoms with Crippen molar-refractivity contribution in [2.75, 3.05) is 39.4 Å². The fourth-order valence-electron chi connectivity index (χ4n) is 2.98. The average molecular weight is 406 g/mol. The van der Waals surface area contributed by atoms with Gasteiger partial charge >= 0.3 is 0 Å². The van der Waals surface area contributed by atoms with E-state index in [-0.39, 0.29) is 29.8 Å². The topological polar surface area (TPSA) is 102 Å². The Morgan fingerprint density at radius 2 is 1.81 bits per heavy atom. The van der Waals surface area contributed by atoms with E-state index in [1.807, 2.05) is 0 Å². The van der Waals surface area contributed by atoms with Crippen LogP contribution in [0.2, 0.25) is 0 Å². The van der Waals surface area contributed by atoms with Crippen LogP contribution < -0.4 is 15.2 Å². The van der Waals surface area contributed by atoms with Crippen molar-refractivity contribution in [2.45, 2.75) is 24.3 Å². The summed E-state index contributed by atoms with van der Waals surface area (Å²) in [6, 6.07) is 4.06. The molecule has 0 unspecified atom stereocenters. The van der Waals surface area contributed by atoms with Crippen LogP contribution in [0.4, 0.5) is 0 Å². The van der Waals surface area contributed by atoms with Gasteiger partial charge in [-0.1, -0.05) is 0 Å². The SMILES string of the molecule is C[C@@H](N)C(=O)N1CCCN(S(=O)(=O)c2ccc3c(c2)OCCO3)CC1.Cl. The van der Waals surface area contributed by atoms with E-state index in [4.69, 9.17) is 15.2 Å². The second-order valence-corrected chi connectivity index (χ2v) is 8.11. The lowest BCUT2D eigenvalue weighted by molar-refractivity contribution is -0.132. The molecule has 0 aromatic heterocycles. The van der Waals surface area contributed by atoms with Gasteiger partial charge in [0.15, 0.2) is 11.5 Å². The van der Waals surface area contributed by atoms with Gasteiger partial charge in [-0.05, 0) is 25.5 Å². The zero-order valence-electron chi connectivity index (χ0n) is 14.6. The molecule has 8 nitrogen and oxygen atoms in total. The predicted octanol–water partition coefficient (Wildman–Crippen LogP) is 0.450. The minimum atomic E-state index is -3.66. The number of ether oxygens (including phenoxy) is 2. The molecule has 10 heteroatoms. The van der Waals surface area contributed by atoms with E-state index in [1.165, 1.54) is 16.4 Å². The minimum absolute atomic E-state index is 0. The zero-order valence-corrected chi connectivity index (χ0v) is 16.2. The molecule has 0 aliphatic carbocycles. The molecule has 3 rings (SSSR count). The van der Waals surface area contributed by atoms with Gasteiger partial charge in [-0.2, -0.15) is 4.31 Å². The van der Waals surface area contributed by atoms with Crippen LogP contribution in [0.3, 0.4) is 0 Å². The fourth-order valence-corrected chi connectivity index (χ4v) is 4.46. The van der Waals surface area contributed by atoms with Gasteiger partial charge in [0.2, 0.25) is 15.9 Å². The van der Waals surface area contributed by atoms with Crippen LogP contribution in [0.25, 0.3) is 0 Å². The first-order valence-corrected chi connectivity index (χ1v) is 9.78. The Kier molecular flexibility index (Phi) is 6.73. The molecule has 2 N–H and O–H groups in total. The molecular weight excluding hydrogens is 382 g/mol. The highest BCUT2D eigenvalue weighted by atomic mass is 35.5. The van der Waals surface area contributed by atoms with Crippen LogP contribution in [0.15, 0.2) is 23.1 Å². The second-order valence-electron chi connectivity index (χ2n) is 6.18. The Bertz CT molecular complexity index is 756. The third-order valence-corrected chi connectivity index (χ3v) is 6.20. The smallest absolute Gasteiger partial charge is 0.243 e. The molecule has 2 aliphatic heterocycles. The second kappa shape index (κ2) is 8.43. The van der Waals surface area contributed by atoms with Crippen molar-refractivity contribution < 1.29 is 22.7 Å².